The van der Waals surface area contributed by atoms with Crippen molar-refractivity contribution in [1.29, 1.82) is 0 Å². The maximum Gasteiger partial charge on any atom is 0.224 e. The van der Waals surface area contributed by atoms with Gasteiger partial charge in [-0.2, -0.15) is 0 Å². The highest BCUT2D eigenvalue weighted by atomic mass is 16.1. The van der Waals surface area contributed by atoms with Crippen LogP contribution in [0, 0.1) is 11.3 Å². The number of carbonyl (C=O) groups is 1. The first kappa shape index (κ1) is 18.8. The van der Waals surface area contributed by atoms with Gasteiger partial charge in [0.15, 0.2) is 5.96 Å². The van der Waals surface area contributed by atoms with E-state index in [9.17, 15) is 4.79 Å². The number of aliphatic imine (C=N–C) groups is 1. The first-order valence-corrected chi connectivity index (χ1v) is 8.78. The summed E-state index contributed by atoms with van der Waals surface area (Å²) in [6.07, 6.45) is 9.53. The Morgan fingerprint density at radius 1 is 1.23 bits per heavy atom. The lowest BCUT2D eigenvalue weighted by atomic mass is 9.93. The molecule has 0 heterocycles. The van der Waals surface area contributed by atoms with Gasteiger partial charge in [0.05, 0.1) is 12.0 Å². The molecule has 22 heavy (non-hydrogen) atoms. The van der Waals surface area contributed by atoms with E-state index in [2.05, 4.69) is 15.6 Å². The summed E-state index contributed by atoms with van der Waals surface area (Å²) in [5.74, 6) is 1.43. The Labute approximate surface area is 135 Å². The van der Waals surface area contributed by atoms with Gasteiger partial charge in [0.2, 0.25) is 5.91 Å². The summed E-state index contributed by atoms with van der Waals surface area (Å²) in [6.45, 7) is 7.82. The van der Waals surface area contributed by atoms with Gasteiger partial charge >= 0.3 is 0 Å². The molecule has 0 bridgehead atoms. The molecule has 0 unspecified atom stereocenters. The molecule has 4 N–H and O–H groups in total. The molecule has 128 valence electrons. The fourth-order valence-electron chi connectivity index (χ4n) is 2.76. The third-order valence-corrected chi connectivity index (χ3v) is 4.45. The van der Waals surface area contributed by atoms with Crippen LogP contribution in [0.15, 0.2) is 4.99 Å². The quantitative estimate of drug-likeness (QED) is 0.347. The average Bonchev–Trinajstić information content (AvgIpc) is 2.97. The number of hydrogen-bond acceptors (Lipinski definition) is 2. The molecule has 0 atom stereocenters. The van der Waals surface area contributed by atoms with E-state index in [1.807, 2.05) is 20.8 Å². The van der Waals surface area contributed by atoms with E-state index in [0.29, 0.717) is 6.54 Å². The zero-order valence-electron chi connectivity index (χ0n) is 14.6. The Morgan fingerprint density at radius 3 is 2.50 bits per heavy atom. The highest BCUT2D eigenvalue weighted by Gasteiger charge is 2.24. The molecule has 0 aliphatic heterocycles. The van der Waals surface area contributed by atoms with Crippen molar-refractivity contribution in [3.8, 4) is 0 Å². The van der Waals surface area contributed by atoms with Crippen LogP contribution < -0.4 is 16.4 Å². The molecule has 1 saturated carbocycles. The topological polar surface area (TPSA) is 79.5 Å². The summed E-state index contributed by atoms with van der Waals surface area (Å²) < 4.78 is 0. The Bertz CT molecular complexity index is 360. The monoisotopic (exact) mass is 310 g/mol. The first-order chi connectivity index (χ1) is 10.5. The maximum absolute atomic E-state index is 11.3. The summed E-state index contributed by atoms with van der Waals surface area (Å²) >= 11 is 0. The molecule has 0 radical (unpaired) electrons. The molecule has 5 heteroatoms. The molecular formula is C17H34N4O. The van der Waals surface area contributed by atoms with E-state index in [0.717, 1.165) is 25.0 Å². The van der Waals surface area contributed by atoms with Gasteiger partial charge in [0, 0.05) is 13.1 Å². The summed E-state index contributed by atoms with van der Waals surface area (Å²) in [5, 5.41) is 6.56. The van der Waals surface area contributed by atoms with Crippen LogP contribution in [-0.4, -0.2) is 31.5 Å². The van der Waals surface area contributed by atoms with E-state index in [1.165, 1.54) is 44.9 Å². The van der Waals surface area contributed by atoms with Crippen molar-refractivity contribution in [2.45, 2.75) is 65.7 Å². The van der Waals surface area contributed by atoms with Crippen molar-refractivity contribution in [3.05, 3.63) is 0 Å². The minimum Gasteiger partial charge on any atom is -0.369 e. The van der Waals surface area contributed by atoms with Crippen LogP contribution in [0.4, 0.5) is 0 Å². The Hall–Kier alpha value is -1.26. The smallest absolute Gasteiger partial charge is 0.224 e. The minimum atomic E-state index is -0.606. The molecule has 0 spiro atoms. The van der Waals surface area contributed by atoms with Crippen LogP contribution in [0.3, 0.4) is 0 Å². The van der Waals surface area contributed by atoms with Gasteiger partial charge in [-0.05, 0) is 33.1 Å². The Morgan fingerprint density at radius 2 is 1.91 bits per heavy atom. The summed E-state index contributed by atoms with van der Waals surface area (Å²) in [5.41, 5.74) is 4.77. The fourth-order valence-corrected chi connectivity index (χ4v) is 2.76. The number of rotatable bonds is 9. The molecular weight excluding hydrogens is 276 g/mol. The molecule has 0 saturated heterocycles. The molecule has 1 fully saturated rings. The van der Waals surface area contributed by atoms with Gasteiger partial charge in [-0.3, -0.25) is 9.79 Å². The van der Waals surface area contributed by atoms with Crippen LogP contribution in [0.5, 0.6) is 0 Å². The molecule has 1 rings (SSSR count). The number of nitrogens with two attached hydrogens (primary N) is 1. The van der Waals surface area contributed by atoms with Crippen LogP contribution in [0.2, 0.25) is 0 Å². The molecule has 1 aliphatic rings. The second-order valence-electron chi connectivity index (χ2n) is 7.02. The van der Waals surface area contributed by atoms with Crippen molar-refractivity contribution < 1.29 is 4.79 Å². The summed E-state index contributed by atoms with van der Waals surface area (Å²) in [4.78, 5) is 15.8. The number of unbranched alkanes of at least 4 members (excludes halogenated alkanes) is 1. The molecule has 0 aromatic rings. The van der Waals surface area contributed by atoms with Crippen molar-refractivity contribution in [2.75, 3.05) is 19.6 Å². The van der Waals surface area contributed by atoms with Crippen molar-refractivity contribution in [1.82, 2.24) is 10.6 Å². The van der Waals surface area contributed by atoms with E-state index in [-0.39, 0.29) is 5.91 Å². The second kappa shape index (κ2) is 9.70. The van der Waals surface area contributed by atoms with Crippen molar-refractivity contribution in [3.63, 3.8) is 0 Å². The lowest BCUT2D eigenvalue weighted by Crippen LogP contribution is -2.40. The van der Waals surface area contributed by atoms with Crippen LogP contribution >= 0.6 is 0 Å². The van der Waals surface area contributed by atoms with Gasteiger partial charge in [0.25, 0.3) is 0 Å². The van der Waals surface area contributed by atoms with Gasteiger partial charge in [0.1, 0.15) is 0 Å². The van der Waals surface area contributed by atoms with Gasteiger partial charge in [-0.1, -0.05) is 38.5 Å². The average molecular weight is 310 g/mol. The zero-order valence-corrected chi connectivity index (χ0v) is 14.6. The second-order valence-corrected chi connectivity index (χ2v) is 7.02. The molecule has 0 aromatic carbocycles. The predicted molar refractivity (Wildman–Crippen MR) is 92.8 cm³/mol. The first-order valence-electron chi connectivity index (χ1n) is 8.78. The third kappa shape index (κ3) is 7.14. The number of amides is 1. The third-order valence-electron chi connectivity index (χ3n) is 4.45. The maximum atomic E-state index is 11.3. The molecule has 5 nitrogen and oxygen atoms in total. The number of carbonyl (C=O) groups excluding carboxylic acids is 1. The summed E-state index contributed by atoms with van der Waals surface area (Å²) in [6, 6.07) is 0. The minimum absolute atomic E-state index is 0.316. The highest BCUT2D eigenvalue weighted by Crippen LogP contribution is 2.28. The Kier molecular flexibility index (Phi) is 8.28. The van der Waals surface area contributed by atoms with E-state index < -0.39 is 5.41 Å². The van der Waals surface area contributed by atoms with E-state index in [1.54, 1.807) is 0 Å². The number of nitrogens with zero attached hydrogens (tertiary/aromatic N) is 1. The predicted octanol–water partition coefficient (Wildman–Crippen LogP) is 2.41. The van der Waals surface area contributed by atoms with Gasteiger partial charge in [-0.15, -0.1) is 0 Å². The number of guanidine groups is 1. The molecule has 1 aliphatic carbocycles. The standard InChI is InChI=1S/C17H34N4O/c1-4-19-16(21-13-17(2,3)15(18)22)20-12-8-7-11-14-9-5-6-10-14/h14H,4-13H2,1-3H3,(H2,18,22)(H2,19,20,21). The Balaban J connectivity index is 2.26. The highest BCUT2D eigenvalue weighted by molar-refractivity contribution is 5.82. The van der Waals surface area contributed by atoms with Gasteiger partial charge < -0.3 is 16.4 Å². The van der Waals surface area contributed by atoms with E-state index in [4.69, 9.17) is 5.73 Å². The SMILES string of the molecule is CCNC(=NCC(C)(C)C(N)=O)NCCCCC1CCCC1. The zero-order chi connectivity index (χ0) is 16.4. The number of nitrogens with one attached hydrogen (secondary N) is 2. The molecule has 0 aromatic heterocycles. The van der Waals surface area contributed by atoms with Crippen LogP contribution in [0.25, 0.3) is 0 Å². The number of primary amides is 1. The van der Waals surface area contributed by atoms with Crippen LogP contribution in [-0.2, 0) is 4.79 Å². The van der Waals surface area contributed by atoms with Gasteiger partial charge in [-0.25, -0.2) is 0 Å². The van der Waals surface area contributed by atoms with Crippen LogP contribution in [0.1, 0.15) is 65.7 Å². The van der Waals surface area contributed by atoms with Crippen molar-refractivity contribution >= 4 is 11.9 Å². The lowest BCUT2D eigenvalue weighted by Gasteiger charge is -2.19. The van der Waals surface area contributed by atoms with E-state index >= 15 is 0 Å². The van der Waals surface area contributed by atoms with Crippen molar-refractivity contribution in [2.24, 2.45) is 22.1 Å². The normalized spacial score (nSPS) is 16.8. The number of hydrogen-bond donors (Lipinski definition) is 3. The summed E-state index contributed by atoms with van der Waals surface area (Å²) in [7, 11) is 0. The lowest BCUT2D eigenvalue weighted by molar-refractivity contribution is -0.125. The largest absolute Gasteiger partial charge is 0.369 e. The fraction of sp³-hybridized carbons (Fsp3) is 0.882. The molecule has 1 amide bonds.